The van der Waals surface area contributed by atoms with Crippen molar-refractivity contribution in [3.63, 3.8) is 0 Å². The maximum absolute atomic E-state index is 11.6. The standard InChI is InChI=1S/C12H12N4O3/c1-7(17)9-4-3-5-10(6-9)14-11(18)15-12-13-8(2)16-19-12/h3-6H,1-2H3,(H2,13,14,15,16,18). The van der Waals surface area contributed by atoms with Crippen LogP contribution in [0.15, 0.2) is 28.8 Å². The highest BCUT2D eigenvalue weighted by Gasteiger charge is 2.08. The number of Topliss-reactive ketones (excluding diaryl/α,β-unsaturated/α-hetero) is 1. The average Bonchev–Trinajstić information content (AvgIpc) is 2.74. The highest BCUT2D eigenvalue weighted by molar-refractivity contribution is 6.00. The second-order valence-electron chi connectivity index (χ2n) is 3.86. The quantitative estimate of drug-likeness (QED) is 0.825. The van der Waals surface area contributed by atoms with Crippen molar-refractivity contribution in [2.45, 2.75) is 13.8 Å². The fourth-order valence-electron chi connectivity index (χ4n) is 1.42. The minimum Gasteiger partial charge on any atom is -0.315 e. The molecule has 0 fully saturated rings. The Labute approximate surface area is 109 Å². The molecule has 2 aromatic rings. The van der Waals surface area contributed by atoms with Gasteiger partial charge in [0.1, 0.15) is 0 Å². The van der Waals surface area contributed by atoms with Gasteiger partial charge in [-0.15, -0.1) is 0 Å². The average molecular weight is 260 g/mol. The summed E-state index contributed by atoms with van der Waals surface area (Å²) in [5, 5.41) is 8.49. The lowest BCUT2D eigenvalue weighted by Gasteiger charge is -2.05. The molecule has 19 heavy (non-hydrogen) atoms. The van der Waals surface area contributed by atoms with E-state index >= 15 is 0 Å². The highest BCUT2D eigenvalue weighted by atomic mass is 16.5. The fraction of sp³-hybridized carbons (Fsp3) is 0.167. The number of hydrogen-bond acceptors (Lipinski definition) is 5. The van der Waals surface area contributed by atoms with Crippen LogP contribution >= 0.6 is 0 Å². The van der Waals surface area contributed by atoms with Gasteiger partial charge in [-0.2, -0.15) is 4.98 Å². The number of rotatable bonds is 3. The van der Waals surface area contributed by atoms with Crippen molar-refractivity contribution in [3.05, 3.63) is 35.7 Å². The minimum atomic E-state index is -0.524. The maximum atomic E-state index is 11.6. The number of benzene rings is 1. The third-order valence-corrected chi connectivity index (χ3v) is 2.28. The van der Waals surface area contributed by atoms with E-state index in [1.54, 1.807) is 31.2 Å². The van der Waals surface area contributed by atoms with Crippen LogP contribution in [0.4, 0.5) is 16.5 Å². The number of anilines is 2. The first-order valence-electron chi connectivity index (χ1n) is 5.54. The van der Waals surface area contributed by atoms with Gasteiger partial charge < -0.3 is 9.84 Å². The van der Waals surface area contributed by atoms with Crippen LogP contribution in [0.5, 0.6) is 0 Å². The number of nitrogens with one attached hydrogen (secondary N) is 2. The summed E-state index contributed by atoms with van der Waals surface area (Å²) in [6.07, 6.45) is 0. The lowest BCUT2D eigenvalue weighted by molar-refractivity contribution is 0.101. The normalized spacial score (nSPS) is 10.0. The first-order chi connectivity index (χ1) is 9.04. The van der Waals surface area contributed by atoms with E-state index in [-0.39, 0.29) is 11.8 Å². The smallest absolute Gasteiger partial charge is 0.315 e. The zero-order valence-corrected chi connectivity index (χ0v) is 10.4. The van der Waals surface area contributed by atoms with Gasteiger partial charge in [-0.1, -0.05) is 17.3 Å². The molecule has 98 valence electrons. The van der Waals surface area contributed by atoms with Gasteiger partial charge in [0.15, 0.2) is 11.6 Å². The number of carbonyl (C=O) groups is 2. The Balaban J connectivity index is 2.02. The van der Waals surface area contributed by atoms with Crippen LogP contribution in [-0.2, 0) is 0 Å². The third kappa shape index (κ3) is 3.38. The lowest BCUT2D eigenvalue weighted by Crippen LogP contribution is -2.19. The molecule has 0 radical (unpaired) electrons. The van der Waals surface area contributed by atoms with Gasteiger partial charge in [-0.25, -0.2) is 4.79 Å². The molecule has 0 bridgehead atoms. The molecule has 0 aliphatic carbocycles. The van der Waals surface area contributed by atoms with Crippen molar-refractivity contribution in [3.8, 4) is 0 Å². The van der Waals surface area contributed by atoms with E-state index in [0.29, 0.717) is 17.1 Å². The van der Waals surface area contributed by atoms with Crippen LogP contribution < -0.4 is 10.6 Å². The predicted octanol–water partition coefficient (Wildman–Crippen LogP) is 2.22. The van der Waals surface area contributed by atoms with Gasteiger partial charge in [-0.05, 0) is 26.0 Å². The van der Waals surface area contributed by atoms with E-state index in [1.807, 2.05) is 0 Å². The Bertz CT molecular complexity index is 621. The van der Waals surface area contributed by atoms with Crippen LogP contribution in [0, 0.1) is 6.92 Å². The van der Waals surface area contributed by atoms with Crippen molar-refractivity contribution < 1.29 is 14.1 Å². The molecule has 0 spiro atoms. The summed E-state index contributed by atoms with van der Waals surface area (Å²) < 4.78 is 4.75. The summed E-state index contributed by atoms with van der Waals surface area (Å²) in [6, 6.07) is 6.10. The van der Waals surface area contributed by atoms with Crippen molar-refractivity contribution in [1.82, 2.24) is 10.1 Å². The molecule has 1 aromatic carbocycles. The maximum Gasteiger partial charge on any atom is 0.329 e. The number of urea groups is 1. The summed E-state index contributed by atoms with van der Waals surface area (Å²) in [7, 11) is 0. The summed E-state index contributed by atoms with van der Waals surface area (Å²) in [5.41, 5.74) is 1.02. The number of aryl methyl sites for hydroxylation is 1. The van der Waals surface area contributed by atoms with E-state index in [9.17, 15) is 9.59 Å². The van der Waals surface area contributed by atoms with Crippen LogP contribution in [0.3, 0.4) is 0 Å². The Morgan fingerprint density at radius 3 is 2.68 bits per heavy atom. The molecule has 0 saturated carbocycles. The van der Waals surface area contributed by atoms with E-state index in [1.165, 1.54) is 6.92 Å². The summed E-state index contributed by atoms with van der Waals surface area (Å²) >= 11 is 0. The molecular formula is C12H12N4O3. The number of amides is 2. The molecule has 2 amide bonds. The Morgan fingerprint density at radius 1 is 1.26 bits per heavy atom. The largest absolute Gasteiger partial charge is 0.329 e. The minimum absolute atomic E-state index is 0.0118. The molecule has 0 saturated heterocycles. The van der Waals surface area contributed by atoms with E-state index < -0.39 is 6.03 Å². The van der Waals surface area contributed by atoms with Gasteiger partial charge in [0.2, 0.25) is 0 Å². The lowest BCUT2D eigenvalue weighted by atomic mass is 10.1. The van der Waals surface area contributed by atoms with Gasteiger partial charge in [0.05, 0.1) is 0 Å². The first-order valence-corrected chi connectivity index (χ1v) is 5.54. The van der Waals surface area contributed by atoms with Gasteiger partial charge in [-0.3, -0.25) is 10.1 Å². The Morgan fingerprint density at radius 2 is 2.05 bits per heavy atom. The van der Waals surface area contributed by atoms with Gasteiger partial charge in [0.25, 0.3) is 0 Å². The van der Waals surface area contributed by atoms with Crippen molar-refractivity contribution >= 4 is 23.5 Å². The predicted molar refractivity (Wildman–Crippen MR) is 68.1 cm³/mol. The molecule has 1 aromatic heterocycles. The van der Waals surface area contributed by atoms with Crippen molar-refractivity contribution in [2.75, 3.05) is 10.6 Å². The van der Waals surface area contributed by atoms with Crippen LogP contribution in [0.2, 0.25) is 0 Å². The molecule has 0 aliphatic heterocycles. The van der Waals surface area contributed by atoms with Crippen molar-refractivity contribution in [1.29, 1.82) is 0 Å². The number of hydrogen-bond donors (Lipinski definition) is 2. The highest BCUT2D eigenvalue weighted by Crippen LogP contribution is 2.12. The molecule has 0 unspecified atom stereocenters. The molecule has 2 rings (SSSR count). The van der Waals surface area contributed by atoms with Crippen LogP contribution in [0.1, 0.15) is 23.1 Å². The van der Waals surface area contributed by atoms with E-state index in [4.69, 9.17) is 4.52 Å². The number of aromatic nitrogens is 2. The Kier molecular flexibility index (Phi) is 3.56. The van der Waals surface area contributed by atoms with Gasteiger partial charge >= 0.3 is 12.0 Å². The molecule has 0 atom stereocenters. The van der Waals surface area contributed by atoms with E-state index in [0.717, 1.165) is 0 Å². The van der Waals surface area contributed by atoms with Gasteiger partial charge in [0, 0.05) is 11.3 Å². The zero-order valence-electron chi connectivity index (χ0n) is 10.4. The van der Waals surface area contributed by atoms with Crippen molar-refractivity contribution in [2.24, 2.45) is 0 Å². The molecule has 1 heterocycles. The SMILES string of the molecule is CC(=O)c1cccc(NC(=O)Nc2nc(C)no2)c1. The Hall–Kier alpha value is -2.70. The molecular weight excluding hydrogens is 248 g/mol. The zero-order chi connectivity index (χ0) is 13.8. The number of carbonyl (C=O) groups excluding carboxylic acids is 2. The number of nitrogens with zero attached hydrogens (tertiary/aromatic N) is 2. The van der Waals surface area contributed by atoms with E-state index in [2.05, 4.69) is 20.8 Å². The second-order valence-corrected chi connectivity index (χ2v) is 3.86. The van der Waals surface area contributed by atoms with Crippen LogP contribution in [-0.4, -0.2) is 22.0 Å². The summed E-state index contributed by atoms with van der Waals surface area (Å²) in [6.45, 7) is 3.10. The molecule has 0 aliphatic rings. The summed E-state index contributed by atoms with van der Waals surface area (Å²) in [5.74, 6) is 0.352. The first kappa shape index (κ1) is 12.7. The van der Waals surface area contributed by atoms with Crippen LogP contribution in [0.25, 0.3) is 0 Å². The molecule has 7 heteroatoms. The topological polar surface area (TPSA) is 97.1 Å². The third-order valence-electron chi connectivity index (χ3n) is 2.28. The molecule has 2 N–H and O–H groups in total. The fourth-order valence-corrected chi connectivity index (χ4v) is 1.42. The second kappa shape index (κ2) is 5.30. The number of ketones is 1. The summed E-state index contributed by atoms with van der Waals surface area (Å²) in [4.78, 5) is 26.7. The monoisotopic (exact) mass is 260 g/mol. The molecule has 7 nitrogen and oxygen atoms in total.